The minimum Gasteiger partial charge on any atom is -0.490 e. The van der Waals surface area contributed by atoms with Gasteiger partial charge in [-0.3, -0.25) is 10.2 Å². The molecule has 0 aliphatic heterocycles. The molecule has 0 unspecified atom stereocenters. The van der Waals surface area contributed by atoms with Gasteiger partial charge in [0.15, 0.2) is 11.5 Å². The van der Waals surface area contributed by atoms with Crippen LogP contribution in [0.1, 0.15) is 22.8 Å². The second kappa shape index (κ2) is 8.50. The number of carbonyl (C=O) groups excluding carboxylic acids is 1. The van der Waals surface area contributed by atoms with Gasteiger partial charge in [-0.1, -0.05) is 17.7 Å². The first kappa shape index (κ1) is 18.8. The van der Waals surface area contributed by atoms with Crippen LogP contribution in [0.3, 0.4) is 0 Å². The highest BCUT2D eigenvalue weighted by molar-refractivity contribution is 14.1. The van der Waals surface area contributed by atoms with E-state index in [-0.39, 0.29) is 11.6 Å². The number of hydrogen-bond donors (Lipinski definition) is 2. The Hall–Kier alpha value is -1.58. The molecule has 0 saturated heterocycles. The molecule has 0 bridgehead atoms. The van der Waals surface area contributed by atoms with E-state index in [9.17, 15) is 9.18 Å². The summed E-state index contributed by atoms with van der Waals surface area (Å²) in [6.07, 6.45) is 0. The highest BCUT2D eigenvalue weighted by atomic mass is 127. The third-order valence-corrected chi connectivity index (χ3v) is 4.24. The summed E-state index contributed by atoms with van der Waals surface area (Å²) in [6, 6.07) is 7.28. The van der Waals surface area contributed by atoms with E-state index in [1.54, 1.807) is 18.2 Å². The monoisotopic (exact) mass is 464 g/mol. The van der Waals surface area contributed by atoms with E-state index >= 15 is 0 Å². The molecule has 5 nitrogen and oxygen atoms in total. The molecule has 0 aliphatic rings. The lowest BCUT2D eigenvalue weighted by Crippen LogP contribution is -2.30. The summed E-state index contributed by atoms with van der Waals surface area (Å²) < 4.78 is 25.1. The smallest absolute Gasteiger partial charge is 0.265 e. The van der Waals surface area contributed by atoms with Gasteiger partial charge in [0.05, 0.1) is 15.2 Å². The minimum atomic E-state index is -0.429. The molecule has 2 aromatic rings. The van der Waals surface area contributed by atoms with Crippen molar-refractivity contribution in [1.29, 1.82) is 0 Å². The SMILES string of the molecule is CCOc1cc(C(=O)NN)cc(I)c1OCc1ccc(F)cc1Cl. The maximum Gasteiger partial charge on any atom is 0.265 e. The van der Waals surface area contributed by atoms with Gasteiger partial charge in [0, 0.05) is 11.1 Å². The lowest BCUT2D eigenvalue weighted by Gasteiger charge is -2.15. The Labute approximate surface area is 157 Å². The average molecular weight is 465 g/mol. The molecule has 24 heavy (non-hydrogen) atoms. The minimum absolute atomic E-state index is 0.137. The van der Waals surface area contributed by atoms with Gasteiger partial charge in [0.25, 0.3) is 5.91 Å². The van der Waals surface area contributed by atoms with Gasteiger partial charge in [-0.2, -0.15) is 0 Å². The Morgan fingerprint density at radius 1 is 1.33 bits per heavy atom. The van der Waals surface area contributed by atoms with E-state index in [2.05, 4.69) is 5.43 Å². The van der Waals surface area contributed by atoms with Gasteiger partial charge in [0.1, 0.15) is 12.4 Å². The summed E-state index contributed by atoms with van der Waals surface area (Å²) in [7, 11) is 0. The zero-order valence-corrected chi connectivity index (χ0v) is 15.7. The largest absolute Gasteiger partial charge is 0.490 e. The van der Waals surface area contributed by atoms with Crippen LogP contribution in [0.25, 0.3) is 0 Å². The van der Waals surface area contributed by atoms with Crippen molar-refractivity contribution in [3.05, 3.63) is 55.9 Å². The summed E-state index contributed by atoms with van der Waals surface area (Å²) in [5, 5.41) is 0.280. The number of nitrogen functional groups attached to an aromatic ring is 1. The van der Waals surface area contributed by atoms with Crippen molar-refractivity contribution in [2.24, 2.45) is 5.84 Å². The quantitative estimate of drug-likeness (QED) is 0.296. The van der Waals surface area contributed by atoms with Crippen molar-refractivity contribution in [3.63, 3.8) is 0 Å². The highest BCUT2D eigenvalue weighted by Gasteiger charge is 2.16. The number of ether oxygens (including phenoxy) is 2. The van der Waals surface area contributed by atoms with Crippen LogP contribution in [0.15, 0.2) is 30.3 Å². The summed E-state index contributed by atoms with van der Waals surface area (Å²) >= 11 is 8.04. The second-order valence-electron chi connectivity index (χ2n) is 4.72. The molecule has 2 rings (SSSR count). The van der Waals surface area contributed by atoms with Crippen molar-refractivity contribution in [2.75, 3.05) is 6.61 Å². The number of benzene rings is 2. The number of hydrazine groups is 1. The van der Waals surface area contributed by atoms with E-state index in [0.717, 1.165) is 0 Å². The molecule has 0 radical (unpaired) electrons. The van der Waals surface area contributed by atoms with Crippen LogP contribution >= 0.6 is 34.2 Å². The summed E-state index contributed by atoms with van der Waals surface area (Å²) in [6.45, 7) is 2.36. The number of carbonyl (C=O) groups is 1. The molecule has 8 heteroatoms. The Morgan fingerprint density at radius 3 is 2.71 bits per heavy atom. The average Bonchev–Trinajstić information content (AvgIpc) is 2.55. The number of halogens is 3. The summed E-state index contributed by atoms with van der Waals surface area (Å²) in [4.78, 5) is 11.7. The predicted octanol–water partition coefficient (Wildman–Crippen LogP) is 3.66. The van der Waals surface area contributed by atoms with Gasteiger partial charge in [-0.25, -0.2) is 10.2 Å². The summed E-state index contributed by atoms with van der Waals surface area (Å²) in [5.74, 6) is 5.22. The first-order valence-corrected chi connectivity index (χ1v) is 8.46. The number of nitrogens with one attached hydrogen (secondary N) is 1. The van der Waals surface area contributed by atoms with E-state index in [0.29, 0.717) is 32.8 Å². The van der Waals surface area contributed by atoms with Crippen molar-refractivity contribution >= 4 is 40.1 Å². The van der Waals surface area contributed by atoms with Crippen LogP contribution < -0.4 is 20.7 Å². The fraction of sp³-hybridized carbons (Fsp3) is 0.188. The van der Waals surface area contributed by atoms with Crippen molar-refractivity contribution in [1.82, 2.24) is 5.43 Å². The van der Waals surface area contributed by atoms with Gasteiger partial charge in [-0.05, 0) is 53.8 Å². The molecule has 0 fully saturated rings. The number of nitrogens with two attached hydrogens (primary N) is 1. The Kier molecular flexibility index (Phi) is 6.64. The molecule has 0 spiro atoms. The molecule has 1 amide bonds. The van der Waals surface area contributed by atoms with Crippen molar-refractivity contribution in [3.8, 4) is 11.5 Å². The Balaban J connectivity index is 2.29. The standard InChI is InChI=1S/C16H15ClFIN2O3/c1-2-23-14-6-10(16(22)21-20)5-13(19)15(14)24-8-9-3-4-11(18)7-12(9)17/h3-7H,2,8,20H2,1H3,(H,21,22). The predicted molar refractivity (Wildman–Crippen MR) is 97.7 cm³/mol. The normalized spacial score (nSPS) is 10.4. The molecular weight excluding hydrogens is 450 g/mol. The fourth-order valence-electron chi connectivity index (χ4n) is 1.97. The highest BCUT2D eigenvalue weighted by Crippen LogP contribution is 2.35. The molecule has 3 N–H and O–H groups in total. The molecule has 0 saturated carbocycles. The molecule has 0 atom stereocenters. The molecule has 0 aromatic heterocycles. The fourth-order valence-corrected chi connectivity index (χ4v) is 2.95. The van der Waals surface area contributed by atoms with Gasteiger partial charge in [0.2, 0.25) is 0 Å². The molecule has 2 aromatic carbocycles. The van der Waals surface area contributed by atoms with E-state index < -0.39 is 11.7 Å². The van der Waals surface area contributed by atoms with Crippen LogP contribution in [-0.2, 0) is 6.61 Å². The van der Waals surface area contributed by atoms with Gasteiger partial charge < -0.3 is 9.47 Å². The molecule has 128 valence electrons. The van der Waals surface area contributed by atoms with Crippen LogP contribution in [0.4, 0.5) is 4.39 Å². The zero-order valence-electron chi connectivity index (χ0n) is 12.7. The third-order valence-electron chi connectivity index (χ3n) is 3.09. The van der Waals surface area contributed by atoms with Crippen molar-refractivity contribution < 1.29 is 18.7 Å². The van der Waals surface area contributed by atoms with Crippen molar-refractivity contribution in [2.45, 2.75) is 13.5 Å². The van der Waals surface area contributed by atoms with Crippen LogP contribution in [0.5, 0.6) is 11.5 Å². The maximum atomic E-state index is 13.1. The zero-order chi connectivity index (χ0) is 17.7. The maximum absolute atomic E-state index is 13.1. The second-order valence-corrected chi connectivity index (χ2v) is 6.29. The number of amides is 1. The Morgan fingerprint density at radius 2 is 2.08 bits per heavy atom. The van der Waals surface area contributed by atoms with Crippen LogP contribution in [0, 0.1) is 9.39 Å². The molecular formula is C16H15ClFIN2O3. The Bertz CT molecular complexity index is 758. The molecule has 0 aliphatic carbocycles. The topological polar surface area (TPSA) is 73.6 Å². The summed E-state index contributed by atoms with van der Waals surface area (Å²) in [5.41, 5.74) is 3.07. The van der Waals surface area contributed by atoms with Crippen LogP contribution in [0.2, 0.25) is 5.02 Å². The van der Waals surface area contributed by atoms with E-state index in [4.69, 9.17) is 26.9 Å². The lowest BCUT2D eigenvalue weighted by molar-refractivity contribution is 0.0953. The number of rotatable bonds is 6. The van der Waals surface area contributed by atoms with E-state index in [1.165, 1.54) is 12.1 Å². The third kappa shape index (κ3) is 4.49. The first-order chi connectivity index (χ1) is 11.5. The van der Waals surface area contributed by atoms with Gasteiger partial charge >= 0.3 is 0 Å². The number of hydrogen-bond acceptors (Lipinski definition) is 4. The van der Waals surface area contributed by atoms with Gasteiger partial charge in [-0.15, -0.1) is 0 Å². The lowest BCUT2D eigenvalue weighted by atomic mass is 10.2. The first-order valence-electron chi connectivity index (χ1n) is 7.00. The van der Waals surface area contributed by atoms with Crippen LogP contribution in [-0.4, -0.2) is 12.5 Å². The molecule has 0 heterocycles. The van der Waals surface area contributed by atoms with E-state index in [1.807, 2.05) is 29.5 Å².